The van der Waals surface area contributed by atoms with E-state index in [1.807, 2.05) is 37.3 Å². The highest BCUT2D eigenvalue weighted by Gasteiger charge is 2.61. The highest BCUT2D eigenvalue weighted by atomic mass is 32.2. The smallest absolute Gasteiger partial charge is 0.334 e. The Kier molecular flexibility index (Phi) is 5.23. The van der Waals surface area contributed by atoms with Crippen molar-refractivity contribution in [1.29, 1.82) is 0 Å². The average Bonchev–Trinajstić information content (AvgIpc) is 3.37. The van der Waals surface area contributed by atoms with Gasteiger partial charge in [0, 0.05) is 23.4 Å². The topological polar surface area (TPSA) is 85.0 Å². The first-order chi connectivity index (χ1) is 15.3. The number of sulfonamides is 1. The molecule has 1 N–H and O–H groups in total. The first-order valence-electron chi connectivity index (χ1n) is 11.0. The SMILES string of the molecule is C=C1C(=O)O[C@H]2[C@H]1CC/C(CNS(=O)(=O)c1cccc3ccccc13)=C\CC[C@@]1(C)O[C@@H]21. The van der Waals surface area contributed by atoms with Crippen LogP contribution in [0, 0.1) is 5.92 Å². The van der Waals surface area contributed by atoms with Crippen molar-refractivity contribution in [2.45, 2.75) is 55.3 Å². The maximum atomic E-state index is 13.1. The van der Waals surface area contributed by atoms with Crippen LogP contribution in [0.1, 0.15) is 32.6 Å². The van der Waals surface area contributed by atoms with Crippen LogP contribution in [0.3, 0.4) is 0 Å². The molecule has 5 rings (SSSR count). The lowest BCUT2D eigenvalue weighted by atomic mass is 9.84. The lowest BCUT2D eigenvalue weighted by Crippen LogP contribution is -2.30. The summed E-state index contributed by atoms with van der Waals surface area (Å²) in [5.74, 6) is -0.454. The Morgan fingerprint density at radius 2 is 1.97 bits per heavy atom. The van der Waals surface area contributed by atoms with Crippen LogP contribution < -0.4 is 4.72 Å². The average molecular weight is 454 g/mol. The number of epoxide rings is 1. The molecular weight excluding hydrogens is 426 g/mol. The molecule has 0 saturated carbocycles. The molecular formula is C25H27NO5S. The number of carbonyl (C=O) groups excluding carboxylic acids is 1. The number of allylic oxidation sites excluding steroid dienone is 1. The molecule has 3 aliphatic rings. The van der Waals surface area contributed by atoms with E-state index in [0.717, 1.165) is 23.8 Å². The summed E-state index contributed by atoms with van der Waals surface area (Å²) in [5, 5.41) is 1.59. The lowest BCUT2D eigenvalue weighted by Gasteiger charge is -2.20. The van der Waals surface area contributed by atoms with Crippen LogP contribution in [0.2, 0.25) is 0 Å². The van der Waals surface area contributed by atoms with Crippen molar-refractivity contribution in [2.75, 3.05) is 6.54 Å². The third kappa shape index (κ3) is 3.78. The number of ether oxygens (including phenoxy) is 2. The Morgan fingerprint density at radius 1 is 1.19 bits per heavy atom. The van der Waals surface area contributed by atoms with Crippen molar-refractivity contribution >= 4 is 26.8 Å². The van der Waals surface area contributed by atoms with Crippen LogP contribution in [0.5, 0.6) is 0 Å². The number of hydrogen-bond acceptors (Lipinski definition) is 5. The molecule has 168 valence electrons. The van der Waals surface area contributed by atoms with E-state index < -0.39 is 10.0 Å². The van der Waals surface area contributed by atoms with Gasteiger partial charge < -0.3 is 9.47 Å². The molecule has 32 heavy (non-hydrogen) atoms. The molecule has 2 aromatic carbocycles. The Hall–Kier alpha value is -2.48. The number of fused-ring (bicyclic) bond motifs is 4. The fourth-order valence-corrected chi connectivity index (χ4v) is 6.24. The summed E-state index contributed by atoms with van der Waals surface area (Å²) in [6, 6.07) is 12.8. The largest absolute Gasteiger partial charge is 0.455 e. The highest BCUT2D eigenvalue weighted by molar-refractivity contribution is 7.89. The Morgan fingerprint density at radius 3 is 2.81 bits per heavy atom. The molecule has 1 aliphatic carbocycles. The fraction of sp³-hybridized carbons (Fsp3) is 0.400. The van der Waals surface area contributed by atoms with Gasteiger partial charge in [-0.1, -0.05) is 54.6 Å². The minimum absolute atomic E-state index is 0.0875. The number of esters is 1. The van der Waals surface area contributed by atoms with Gasteiger partial charge in [0.25, 0.3) is 0 Å². The second-order valence-electron chi connectivity index (χ2n) is 9.09. The van der Waals surface area contributed by atoms with E-state index in [1.165, 1.54) is 0 Å². The summed E-state index contributed by atoms with van der Waals surface area (Å²) >= 11 is 0. The van der Waals surface area contributed by atoms with E-state index in [2.05, 4.69) is 17.4 Å². The zero-order valence-electron chi connectivity index (χ0n) is 18.0. The van der Waals surface area contributed by atoms with Gasteiger partial charge in [-0.2, -0.15) is 0 Å². The number of rotatable bonds is 4. The monoisotopic (exact) mass is 453 g/mol. The number of benzene rings is 2. The summed E-state index contributed by atoms with van der Waals surface area (Å²) in [5.41, 5.74) is 1.18. The first kappa shape index (κ1) is 21.4. The molecule has 2 aromatic rings. The van der Waals surface area contributed by atoms with Crippen LogP contribution >= 0.6 is 0 Å². The third-order valence-electron chi connectivity index (χ3n) is 6.97. The van der Waals surface area contributed by atoms with Crippen LogP contribution in [0.15, 0.2) is 71.2 Å². The molecule has 7 heteroatoms. The molecule has 0 bridgehead atoms. The minimum Gasteiger partial charge on any atom is -0.455 e. The zero-order valence-corrected chi connectivity index (χ0v) is 18.9. The molecule has 4 atom stereocenters. The third-order valence-corrected chi connectivity index (χ3v) is 8.43. The summed E-state index contributed by atoms with van der Waals surface area (Å²) in [6.07, 6.45) is 4.64. The van der Waals surface area contributed by atoms with Gasteiger partial charge in [0.1, 0.15) is 12.2 Å². The van der Waals surface area contributed by atoms with Gasteiger partial charge in [0.15, 0.2) is 0 Å². The van der Waals surface area contributed by atoms with Gasteiger partial charge in [-0.25, -0.2) is 17.9 Å². The number of hydrogen-bond donors (Lipinski definition) is 1. The van der Waals surface area contributed by atoms with Gasteiger partial charge in [-0.05, 0) is 44.1 Å². The molecule has 0 aromatic heterocycles. The Bertz CT molecular complexity index is 1230. The number of carbonyl (C=O) groups is 1. The van der Waals surface area contributed by atoms with Crippen molar-refractivity contribution in [3.05, 3.63) is 66.3 Å². The lowest BCUT2D eigenvalue weighted by molar-refractivity contribution is -0.140. The van der Waals surface area contributed by atoms with Gasteiger partial charge in [0.05, 0.1) is 10.5 Å². The molecule has 0 unspecified atom stereocenters. The van der Waals surface area contributed by atoms with Crippen molar-refractivity contribution in [1.82, 2.24) is 4.72 Å². The molecule has 0 spiro atoms. The van der Waals surface area contributed by atoms with Gasteiger partial charge >= 0.3 is 5.97 Å². The summed E-state index contributed by atoms with van der Waals surface area (Å²) in [6.45, 7) is 6.21. The summed E-state index contributed by atoms with van der Waals surface area (Å²) < 4.78 is 40.5. The van der Waals surface area contributed by atoms with E-state index in [1.54, 1.807) is 12.1 Å². The van der Waals surface area contributed by atoms with E-state index >= 15 is 0 Å². The van der Waals surface area contributed by atoms with Gasteiger partial charge in [-0.3, -0.25) is 0 Å². The summed E-state index contributed by atoms with van der Waals surface area (Å²) in [4.78, 5) is 12.4. The molecule has 0 radical (unpaired) electrons. The quantitative estimate of drug-likeness (QED) is 0.329. The molecule has 2 fully saturated rings. The molecule has 0 amide bonds. The first-order valence-corrected chi connectivity index (χ1v) is 12.5. The van der Waals surface area contributed by atoms with Crippen molar-refractivity contribution in [3.63, 3.8) is 0 Å². The predicted octanol–water partition coefficient (Wildman–Crippen LogP) is 3.87. The predicted molar refractivity (Wildman–Crippen MR) is 121 cm³/mol. The maximum absolute atomic E-state index is 13.1. The molecule has 2 aliphatic heterocycles. The zero-order chi connectivity index (χ0) is 22.5. The second-order valence-corrected chi connectivity index (χ2v) is 10.8. The van der Waals surface area contributed by atoms with E-state index in [0.29, 0.717) is 23.8 Å². The second kappa shape index (κ2) is 7.83. The minimum atomic E-state index is -3.69. The van der Waals surface area contributed by atoms with Crippen molar-refractivity contribution in [2.24, 2.45) is 5.92 Å². The van der Waals surface area contributed by atoms with Crippen LogP contribution in [0.25, 0.3) is 10.8 Å². The highest BCUT2D eigenvalue weighted by Crippen LogP contribution is 2.49. The normalized spacial score (nSPS) is 31.9. The van der Waals surface area contributed by atoms with Gasteiger partial charge in [-0.15, -0.1) is 0 Å². The van der Waals surface area contributed by atoms with Crippen LogP contribution in [0.4, 0.5) is 0 Å². The fourth-order valence-electron chi connectivity index (χ4n) is 4.98. The number of nitrogens with one attached hydrogen (secondary N) is 1. The standard InChI is InChI=1S/C25H27NO5S/c1-16-19-13-12-17(7-6-14-25(2)23(31-25)22(19)30-24(16)27)15-26-32(28,29)21-11-5-9-18-8-3-4-10-20(18)21/h3-5,7-11,19,22-23,26H,1,6,12-15H2,2H3/b17-7+/t19-,22-,23-,25+/m0/s1. The van der Waals surface area contributed by atoms with Gasteiger partial charge in [0.2, 0.25) is 10.0 Å². The van der Waals surface area contributed by atoms with E-state index in [4.69, 9.17) is 9.47 Å². The molecule has 2 saturated heterocycles. The Labute approximate surface area is 188 Å². The van der Waals surface area contributed by atoms with Crippen LogP contribution in [-0.2, 0) is 24.3 Å². The van der Waals surface area contributed by atoms with Crippen LogP contribution in [-0.4, -0.2) is 38.7 Å². The van der Waals surface area contributed by atoms with E-state index in [-0.39, 0.29) is 41.1 Å². The molecule has 2 heterocycles. The maximum Gasteiger partial charge on any atom is 0.334 e. The summed E-state index contributed by atoms with van der Waals surface area (Å²) in [7, 11) is -3.69. The van der Waals surface area contributed by atoms with E-state index in [9.17, 15) is 13.2 Å². The van der Waals surface area contributed by atoms with Crippen molar-refractivity contribution < 1.29 is 22.7 Å². The van der Waals surface area contributed by atoms with Crippen molar-refractivity contribution in [3.8, 4) is 0 Å². The molecule has 6 nitrogen and oxygen atoms in total. The Balaban J connectivity index is 1.35.